The van der Waals surface area contributed by atoms with Crippen LogP contribution in [-0.4, -0.2) is 32.5 Å². The number of nitrogens with zero attached hydrogens (tertiary/aromatic N) is 1. The molecule has 0 saturated heterocycles. The van der Waals surface area contributed by atoms with Gasteiger partial charge in [0.25, 0.3) is 0 Å². The third-order valence-corrected chi connectivity index (χ3v) is 6.46. The van der Waals surface area contributed by atoms with Crippen LogP contribution in [0.5, 0.6) is 5.75 Å². The van der Waals surface area contributed by atoms with E-state index in [0.29, 0.717) is 32.7 Å². The number of carboxylic acids is 2. The molecular formula is C26H21NO7S. The Labute approximate surface area is 203 Å². The predicted molar refractivity (Wildman–Crippen MR) is 130 cm³/mol. The minimum atomic E-state index is -1.53. The molecule has 0 aliphatic heterocycles. The average molecular weight is 492 g/mol. The standard InChI is InChI=1S/C26H21NO7S/c1-15(34-19-10-7-16(8-11-19)13-20(24(29)30)25(31)32)27-21-12-9-18(14-22(21)35-26(27)33)23(28)17-5-3-2-4-6-17/h2-12,14-15,20H,13H2,1H3,(H,29,30)(H,31,32). The molecule has 0 spiro atoms. The molecule has 1 unspecified atom stereocenters. The van der Waals surface area contributed by atoms with Crippen molar-refractivity contribution in [3.8, 4) is 5.75 Å². The van der Waals surface area contributed by atoms with Gasteiger partial charge in [0.05, 0.1) is 10.2 Å². The van der Waals surface area contributed by atoms with Crippen molar-refractivity contribution in [2.45, 2.75) is 19.6 Å². The van der Waals surface area contributed by atoms with Crippen molar-refractivity contribution in [3.05, 3.63) is 99.2 Å². The van der Waals surface area contributed by atoms with Crippen LogP contribution in [-0.2, 0) is 16.0 Å². The SMILES string of the molecule is CC(Oc1ccc(CC(C(=O)O)C(=O)O)cc1)n1c(=O)sc2cc(C(=O)c3ccccc3)ccc21. The number of rotatable bonds is 9. The molecule has 0 radical (unpaired) electrons. The summed E-state index contributed by atoms with van der Waals surface area (Å²) in [6, 6.07) is 20.4. The highest BCUT2D eigenvalue weighted by Crippen LogP contribution is 2.26. The lowest BCUT2D eigenvalue weighted by molar-refractivity contribution is -0.154. The molecule has 1 heterocycles. The fourth-order valence-corrected chi connectivity index (χ4v) is 4.74. The van der Waals surface area contributed by atoms with Gasteiger partial charge >= 0.3 is 16.8 Å². The van der Waals surface area contributed by atoms with E-state index in [0.717, 1.165) is 11.3 Å². The Kier molecular flexibility index (Phi) is 6.79. The first kappa shape index (κ1) is 23.9. The van der Waals surface area contributed by atoms with Crippen molar-refractivity contribution in [1.82, 2.24) is 4.57 Å². The zero-order chi connectivity index (χ0) is 25.1. The lowest BCUT2D eigenvalue weighted by atomic mass is 10.00. The van der Waals surface area contributed by atoms with Crippen molar-refractivity contribution in [2.24, 2.45) is 5.92 Å². The highest BCUT2D eigenvalue weighted by atomic mass is 32.1. The number of hydrogen-bond donors (Lipinski definition) is 2. The van der Waals surface area contributed by atoms with Gasteiger partial charge in [0, 0.05) is 11.1 Å². The third kappa shape index (κ3) is 5.15. The van der Waals surface area contributed by atoms with Gasteiger partial charge in [-0.25, -0.2) is 0 Å². The van der Waals surface area contributed by atoms with Gasteiger partial charge in [-0.15, -0.1) is 0 Å². The summed E-state index contributed by atoms with van der Waals surface area (Å²) in [5.74, 6) is -4.02. The van der Waals surface area contributed by atoms with Gasteiger partial charge in [0.1, 0.15) is 5.75 Å². The minimum absolute atomic E-state index is 0.127. The van der Waals surface area contributed by atoms with E-state index in [1.165, 1.54) is 4.57 Å². The second-order valence-corrected chi connectivity index (χ2v) is 8.90. The number of thiazole rings is 1. The summed E-state index contributed by atoms with van der Waals surface area (Å²) in [4.78, 5) is 47.5. The molecule has 9 heteroatoms. The van der Waals surface area contributed by atoms with Crippen LogP contribution in [0, 0.1) is 5.92 Å². The molecule has 178 valence electrons. The van der Waals surface area contributed by atoms with E-state index < -0.39 is 24.1 Å². The van der Waals surface area contributed by atoms with Crippen LogP contribution in [0.1, 0.15) is 34.6 Å². The summed E-state index contributed by atoms with van der Waals surface area (Å²) in [6.45, 7) is 1.72. The number of carbonyl (C=O) groups is 3. The molecule has 3 aromatic carbocycles. The monoisotopic (exact) mass is 491 g/mol. The quantitative estimate of drug-likeness (QED) is 0.265. The van der Waals surface area contributed by atoms with Crippen LogP contribution in [0.4, 0.5) is 0 Å². The van der Waals surface area contributed by atoms with E-state index in [1.807, 2.05) is 6.07 Å². The summed E-state index contributed by atoms with van der Waals surface area (Å²) in [6.07, 6.45) is -0.817. The van der Waals surface area contributed by atoms with E-state index in [-0.39, 0.29) is 17.1 Å². The summed E-state index contributed by atoms with van der Waals surface area (Å²) in [7, 11) is 0. The molecule has 0 bridgehead atoms. The Morgan fingerprint density at radius 3 is 2.20 bits per heavy atom. The number of fused-ring (bicyclic) bond motifs is 1. The van der Waals surface area contributed by atoms with Gasteiger partial charge in [-0.05, 0) is 49.2 Å². The van der Waals surface area contributed by atoms with Gasteiger partial charge in [0.2, 0.25) is 0 Å². The highest BCUT2D eigenvalue weighted by molar-refractivity contribution is 7.16. The maximum atomic E-state index is 12.8. The molecule has 0 amide bonds. The number of ether oxygens (including phenoxy) is 1. The lowest BCUT2D eigenvalue weighted by Gasteiger charge is -2.17. The van der Waals surface area contributed by atoms with Crippen LogP contribution in [0.2, 0.25) is 0 Å². The number of carbonyl (C=O) groups excluding carboxylic acids is 1. The molecule has 0 aliphatic rings. The molecule has 0 fully saturated rings. The van der Waals surface area contributed by atoms with Gasteiger partial charge in [-0.1, -0.05) is 53.8 Å². The zero-order valence-corrected chi connectivity index (χ0v) is 19.4. The average Bonchev–Trinajstić information content (AvgIpc) is 3.18. The molecule has 4 aromatic rings. The number of aromatic nitrogens is 1. The van der Waals surface area contributed by atoms with Crippen LogP contribution in [0.3, 0.4) is 0 Å². The van der Waals surface area contributed by atoms with Crippen LogP contribution >= 0.6 is 11.3 Å². The predicted octanol–water partition coefficient (Wildman–Crippen LogP) is 4.22. The molecule has 2 N–H and O–H groups in total. The van der Waals surface area contributed by atoms with Crippen LogP contribution in [0.25, 0.3) is 10.2 Å². The van der Waals surface area contributed by atoms with Crippen molar-refractivity contribution in [3.63, 3.8) is 0 Å². The molecule has 1 aromatic heterocycles. The first-order valence-electron chi connectivity index (χ1n) is 10.7. The maximum absolute atomic E-state index is 12.8. The number of aliphatic carboxylic acids is 2. The van der Waals surface area contributed by atoms with Gasteiger partial charge < -0.3 is 14.9 Å². The topological polar surface area (TPSA) is 123 Å². The van der Waals surface area contributed by atoms with Crippen molar-refractivity contribution in [2.75, 3.05) is 0 Å². The van der Waals surface area contributed by atoms with Crippen LogP contribution < -0.4 is 9.61 Å². The number of carboxylic acid groups (broad SMARTS) is 2. The van der Waals surface area contributed by atoms with Crippen molar-refractivity contribution < 1.29 is 29.3 Å². The summed E-state index contributed by atoms with van der Waals surface area (Å²) < 4.78 is 8.08. The normalized spacial score (nSPS) is 11.9. The molecular weight excluding hydrogens is 470 g/mol. The zero-order valence-electron chi connectivity index (χ0n) is 18.6. The Balaban J connectivity index is 1.53. The molecule has 4 rings (SSSR count). The maximum Gasteiger partial charge on any atom is 0.318 e. The Morgan fingerprint density at radius 2 is 1.57 bits per heavy atom. The third-order valence-electron chi connectivity index (χ3n) is 5.54. The molecule has 0 saturated carbocycles. The first-order chi connectivity index (χ1) is 16.7. The number of benzene rings is 3. The fraction of sp³-hybridized carbons (Fsp3) is 0.154. The van der Waals surface area contributed by atoms with E-state index >= 15 is 0 Å². The van der Waals surface area contributed by atoms with Crippen LogP contribution in [0.15, 0.2) is 77.6 Å². The molecule has 0 aliphatic carbocycles. The molecule has 35 heavy (non-hydrogen) atoms. The van der Waals surface area contributed by atoms with E-state index in [4.69, 9.17) is 14.9 Å². The first-order valence-corrected chi connectivity index (χ1v) is 11.5. The molecule has 8 nitrogen and oxygen atoms in total. The Morgan fingerprint density at radius 1 is 0.914 bits per heavy atom. The summed E-state index contributed by atoms with van der Waals surface area (Å²) in [5.41, 5.74) is 2.23. The molecule has 1 atom stereocenters. The Hall–Kier alpha value is -4.24. The van der Waals surface area contributed by atoms with E-state index in [1.54, 1.807) is 73.7 Å². The largest absolute Gasteiger partial charge is 0.481 e. The lowest BCUT2D eigenvalue weighted by Crippen LogP contribution is -2.25. The number of hydrogen-bond acceptors (Lipinski definition) is 6. The minimum Gasteiger partial charge on any atom is -0.481 e. The van der Waals surface area contributed by atoms with Gasteiger partial charge in [0.15, 0.2) is 17.9 Å². The van der Waals surface area contributed by atoms with Gasteiger partial charge in [-0.3, -0.25) is 23.7 Å². The number of ketones is 1. The smallest absolute Gasteiger partial charge is 0.318 e. The Bertz CT molecular complexity index is 1440. The second kappa shape index (κ2) is 9.94. The fourth-order valence-electron chi connectivity index (χ4n) is 3.75. The summed E-state index contributed by atoms with van der Waals surface area (Å²) in [5, 5.41) is 18.1. The highest BCUT2D eigenvalue weighted by Gasteiger charge is 2.26. The van der Waals surface area contributed by atoms with E-state index in [2.05, 4.69) is 0 Å². The van der Waals surface area contributed by atoms with Crippen molar-refractivity contribution in [1.29, 1.82) is 0 Å². The summed E-state index contributed by atoms with van der Waals surface area (Å²) >= 11 is 1.02. The van der Waals surface area contributed by atoms with Gasteiger partial charge in [-0.2, -0.15) is 0 Å². The van der Waals surface area contributed by atoms with E-state index in [9.17, 15) is 19.2 Å². The van der Waals surface area contributed by atoms with Crippen molar-refractivity contribution >= 4 is 39.3 Å². The second-order valence-electron chi connectivity index (χ2n) is 7.91.